The maximum Gasteiger partial charge on any atom is 0.329 e. The minimum atomic E-state index is -0.404. The van der Waals surface area contributed by atoms with Gasteiger partial charge in [-0.2, -0.15) is 0 Å². The third-order valence-corrected chi connectivity index (χ3v) is 3.08. The van der Waals surface area contributed by atoms with Crippen molar-refractivity contribution in [1.29, 1.82) is 0 Å². The van der Waals surface area contributed by atoms with E-state index in [2.05, 4.69) is 5.32 Å². The standard InChI is InChI=1S/C8H11NO3S2/c1-2-5(10)3-12-7(11)6-4-14-8(13)9-6/h6H,2-4H2,1H3,(H,9,13)/t6-/m0/s1. The van der Waals surface area contributed by atoms with E-state index in [1.807, 2.05) is 0 Å². The average molecular weight is 233 g/mol. The lowest BCUT2D eigenvalue weighted by Crippen LogP contribution is -2.36. The Morgan fingerprint density at radius 3 is 2.93 bits per heavy atom. The van der Waals surface area contributed by atoms with E-state index in [0.717, 1.165) is 0 Å². The number of ketones is 1. The zero-order chi connectivity index (χ0) is 10.6. The van der Waals surface area contributed by atoms with Gasteiger partial charge >= 0.3 is 5.97 Å². The summed E-state index contributed by atoms with van der Waals surface area (Å²) in [6, 6.07) is -0.392. The highest BCUT2D eigenvalue weighted by Crippen LogP contribution is 2.14. The molecule has 1 atom stereocenters. The van der Waals surface area contributed by atoms with E-state index in [9.17, 15) is 9.59 Å². The van der Waals surface area contributed by atoms with Gasteiger partial charge in [-0.3, -0.25) is 4.79 Å². The number of carbonyl (C=O) groups is 2. The van der Waals surface area contributed by atoms with Crippen LogP contribution < -0.4 is 5.32 Å². The SMILES string of the molecule is CCC(=O)COC(=O)[C@@H]1CSC(=S)N1. The number of ether oxygens (including phenoxy) is 1. The van der Waals surface area contributed by atoms with Crippen LogP contribution in [-0.2, 0) is 14.3 Å². The van der Waals surface area contributed by atoms with Gasteiger partial charge in [0.15, 0.2) is 5.78 Å². The molecule has 0 amide bonds. The number of hydrogen-bond acceptors (Lipinski definition) is 5. The van der Waals surface area contributed by atoms with Gasteiger partial charge in [0, 0.05) is 12.2 Å². The molecule has 0 spiro atoms. The molecule has 1 aliphatic heterocycles. The summed E-state index contributed by atoms with van der Waals surface area (Å²) >= 11 is 6.26. The second kappa shape index (κ2) is 5.31. The summed E-state index contributed by atoms with van der Waals surface area (Å²) in [7, 11) is 0. The largest absolute Gasteiger partial charge is 0.456 e. The van der Waals surface area contributed by atoms with E-state index in [4.69, 9.17) is 17.0 Å². The van der Waals surface area contributed by atoms with Gasteiger partial charge in [0.1, 0.15) is 17.0 Å². The summed E-state index contributed by atoms with van der Waals surface area (Å²) < 4.78 is 5.41. The number of thiocarbonyl (C=S) groups is 1. The topological polar surface area (TPSA) is 55.4 Å². The summed E-state index contributed by atoms with van der Waals surface area (Å²) in [5, 5.41) is 2.80. The van der Waals surface area contributed by atoms with Crippen LogP contribution in [0.1, 0.15) is 13.3 Å². The number of rotatable bonds is 4. The monoisotopic (exact) mass is 233 g/mol. The molecular formula is C8H11NO3S2. The highest BCUT2D eigenvalue weighted by atomic mass is 32.2. The van der Waals surface area contributed by atoms with Crippen LogP contribution in [0.4, 0.5) is 0 Å². The first-order valence-electron chi connectivity index (χ1n) is 4.25. The predicted molar refractivity (Wildman–Crippen MR) is 58.2 cm³/mol. The first-order chi connectivity index (χ1) is 6.63. The Bertz CT molecular complexity index is 267. The summed E-state index contributed by atoms with van der Waals surface area (Å²) in [5.41, 5.74) is 0. The molecule has 4 nitrogen and oxygen atoms in total. The van der Waals surface area contributed by atoms with Gasteiger partial charge in [-0.25, -0.2) is 4.79 Å². The van der Waals surface area contributed by atoms with Crippen molar-refractivity contribution in [2.24, 2.45) is 0 Å². The van der Waals surface area contributed by atoms with E-state index < -0.39 is 12.0 Å². The van der Waals surface area contributed by atoms with E-state index in [0.29, 0.717) is 16.5 Å². The second-order valence-corrected chi connectivity index (χ2v) is 4.49. The van der Waals surface area contributed by atoms with Crippen LogP contribution in [0.15, 0.2) is 0 Å². The molecule has 0 aliphatic carbocycles. The van der Waals surface area contributed by atoms with Gasteiger partial charge in [0.25, 0.3) is 0 Å². The molecule has 1 fully saturated rings. The van der Waals surface area contributed by atoms with Crippen LogP contribution in [0.25, 0.3) is 0 Å². The van der Waals surface area contributed by atoms with Gasteiger partial charge in [-0.05, 0) is 0 Å². The lowest BCUT2D eigenvalue weighted by atomic mass is 10.3. The summed E-state index contributed by atoms with van der Waals surface area (Å²) in [4.78, 5) is 22.2. The maximum atomic E-state index is 11.3. The quantitative estimate of drug-likeness (QED) is 0.563. The number of carbonyl (C=O) groups excluding carboxylic acids is 2. The van der Waals surface area contributed by atoms with Crippen molar-refractivity contribution >= 4 is 40.1 Å². The normalized spacial score (nSPS) is 20.4. The van der Waals surface area contributed by atoms with Crippen LogP contribution >= 0.6 is 24.0 Å². The first-order valence-corrected chi connectivity index (χ1v) is 5.64. The fraction of sp³-hybridized carbons (Fsp3) is 0.625. The Balaban J connectivity index is 2.28. The number of esters is 1. The Morgan fingerprint density at radius 1 is 1.71 bits per heavy atom. The molecule has 78 valence electrons. The minimum absolute atomic E-state index is 0.0772. The van der Waals surface area contributed by atoms with Crippen molar-refractivity contribution in [3.63, 3.8) is 0 Å². The fourth-order valence-corrected chi connectivity index (χ4v) is 1.98. The number of nitrogens with one attached hydrogen (secondary N) is 1. The number of hydrogen-bond donors (Lipinski definition) is 1. The molecule has 0 aromatic carbocycles. The van der Waals surface area contributed by atoms with Gasteiger partial charge in [0.05, 0.1) is 0 Å². The van der Waals surface area contributed by atoms with Crippen LogP contribution in [0.3, 0.4) is 0 Å². The molecule has 1 saturated heterocycles. The molecule has 0 aromatic rings. The zero-order valence-corrected chi connectivity index (χ0v) is 9.37. The Morgan fingerprint density at radius 2 is 2.43 bits per heavy atom. The van der Waals surface area contributed by atoms with Gasteiger partial charge in [-0.15, -0.1) is 0 Å². The number of Topliss-reactive ketones (excluding diaryl/α,β-unsaturated/α-hetero) is 1. The Hall–Kier alpha value is -0.620. The summed E-state index contributed by atoms with van der Waals surface area (Å²) in [6.07, 6.45) is 0.387. The van der Waals surface area contributed by atoms with Crippen LogP contribution in [0.5, 0.6) is 0 Å². The molecular weight excluding hydrogens is 222 g/mol. The van der Waals surface area contributed by atoms with Gasteiger partial charge in [0.2, 0.25) is 0 Å². The minimum Gasteiger partial charge on any atom is -0.456 e. The second-order valence-electron chi connectivity index (χ2n) is 2.80. The fourth-order valence-electron chi connectivity index (χ4n) is 0.866. The smallest absolute Gasteiger partial charge is 0.329 e. The molecule has 14 heavy (non-hydrogen) atoms. The first kappa shape index (κ1) is 11.5. The predicted octanol–water partition coefficient (Wildman–Crippen LogP) is 0.499. The van der Waals surface area contributed by atoms with Gasteiger partial charge < -0.3 is 10.1 Å². The molecule has 1 aliphatic rings. The van der Waals surface area contributed by atoms with E-state index in [1.165, 1.54) is 11.8 Å². The maximum absolute atomic E-state index is 11.3. The number of thioether (sulfide) groups is 1. The van der Waals surface area contributed by atoms with Crippen molar-refractivity contribution in [2.45, 2.75) is 19.4 Å². The lowest BCUT2D eigenvalue weighted by Gasteiger charge is -2.08. The van der Waals surface area contributed by atoms with E-state index >= 15 is 0 Å². The van der Waals surface area contributed by atoms with Crippen LogP contribution in [-0.4, -0.2) is 34.5 Å². The Kier molecular flexibility index (Phi) is 4.34. The third-order valence-electron chi connectivity index (χ3n) is 1.73. The molecule has 1 heterocycles. The highest BCUT2D eigenvalue weighted by molar-refractivity contribution is 8.23. The molecule has 6 heteroatoms. The highest BCUT2D eigenvalue weighted by Gasteiger charge is 2.27. The molecule has 0 radical (unpaired) electrons. The van der Waals surface area contributed by atoms with E-state index in [1.54, 1.807) is 6.92 Å². The summed E-state index contributed by atoms with van der Waals surface area (Å²) in [5.74, 6) is 0.101. The molecule has 0 bridgehead atoms. The van der Waals surface area contributed by atoms with Crippen molar-refractivity contribution in [2.75, 3.05) is 12.4 Å². The average Bonchev–Trinajstić information content (AvgIpc) is 2.60. The summed E-state index contributed by atoms with van der Waals surface area (Å²) in [6.45, 7) is 1.60. The molecule has 0 saturated carbocycles. The van der Waals surface area contributed by atoms with Crippen molar-refractivity contribution in [3.05, 3.63) is 0 Å². The van der Waals surface area contributed by atoms with Crippen molar-refractivity contribution in [3.8, 4) is 0 Å². The Labute approximate surface area is 91.8 Å². The van der Waals surface area contributed by atoms with Crippen LogP contribution in [0.2, 0.25) is 0 Å². The molecule has 1 N–H and O–H groups in total. The van der Waals surface area contributed by atoms with Gasteiger partial charge in [-0.1, -0.05) is 30.9 Å². The lowest BCUT2D eigenvalue weighted by molar-refractivity contribution is -0.149. The molecule has 0 aromatic heterocycles. The zero-order valence-electron chi connectivity index (χ0n) is 7.74. The third kappa shape index (κ3) is 3.26. The van der Waals surface area contributed by atoms with E-state index in [-0.39, 0.29) is 12.4 Å². The van der Waals surface area contributed by atoms with Crippen molar-refractivity contribution in [1.82, 2.24) is 5.32 Å². The molecule has 1 rings (SSSR count). The van der Waals surface area contributed by atoms with Crippen molar-refractivity contribution < 1.29 is 14.3 Å². The molecule has 0 unspecified atom stereocenters. The van der Waals surface area contributed by atoms with Crippen LogP contribution in [0, 0.1) is 0 Å².